The molecule has 1 heterocycles. The highest BCUT2D eigenvalue weighted by molar-refractivity contribution is 5.97. The number of nitrogens with zero attached hydrogens (tertiary/aromatic N) is 1. The Bertz CT molecular complexity index is 834. The van der Waals surface area contributed by atoms with Gasteiger partial charge in [-0.15, -0.1) is 0 Å². The average Bonchev–Trinajstić information content (AvgIpc) is 3.31. The van der Waals surface area contributed by atoms with Gasteiger partial charge in [0.05, 0.1) is 25.1 Å². The number of phenols is 1. The number of carboxylic acid groups (broad SMARTS) is 1. The molecule has 1 fully saturated rings. The van der Waals surface area contributed by atoms with Gasteiger partial charge in [-0.25, -0.2) is 4.79 Å². The maximum Gasteiger partial charge on any atom is 0.341 e. The highest BCUT2D eigenvalue weighted by Crippen LogP contribution is 2.44. The number of ether oxygens (including phenoxy) is 2. The summed E-state index contributed by atoms with van der Waals surface area (Å²) in [7, 11) is 2.70. The Hall–Kier alpha value is -2.70. The Kier molecular flexibility index (Phi) is 3.20. The Labute approximate surface area is 125 Å². The molecule has 0 saturated heterocycles. The number of aromatic hydroxyl groups is 1. The van der Waals surface area contributed by atoms with Crippen LogP contribution in [0.15, 0.2) is 17.1 Å². The van der Waals surface area contributed by atoms with Crippen molar-refractivity contribution in [2.75, 3.05) is 14.2 Å². The first-order valence-electron chi connectivity index (χ1n) is 6.75. The molecule has 1 saturated carbocycles. The molecule has 0 unspecified atom stereocenters. The van der Waals surface area contributed by atoms with Crippen LogP contribution in [0.2, 0.25) is 0 Å². The van der Waals surface area contributed by atoms with Gasteiger partial charge in [-0.05, 0) is 12.8 Å². The first-order valence-corrected chi connectivity index (χ1v) is 6.75. The third-order valence-electron chi connectivity index (χ3n) is 3.81. The zero-order valence-electron chi connectivity index (χ0n) is 12.1. The largest absolute Gasteiger partial charge is 0.502 e. The summed E-state index contributed by atoms with van der Waals surface area (Å²) in [5.74, 6) is -1.53. The summed E-state index contributed by atoms with van der Waals surface area (Å²) < 4.78 is 12.0. The van der Waals surface area contributed by atoms with Crippen LogP contribution in [0.1, 0.15) is 29.2 Å². The summed E-state index contributed by atoms with van der Waals surface area (Å²) in [6.45, 7) is 0. The number of hydrogen-bond donors (Lipinski definition) is 2. The number of aromatic nitrogens is 1. The van der Waals surface area contributed by atoms with E-state index in [-0.39, 0.29) is 34.2 Å². The topological polar surface area (TPSA) is 98.0 Å². The van der Waals surface area contributed by atoms with Crippen molar-refractivity contribution in [1.82, 2.24) is 4.57 Å². The van der Waals surface area contributed by atoms with Gasteiger partial charge in [-0.3, -0.25) is 4.79 Å². The molecule has 22 heavy (non-hydrogen) atoms. The monoisotopic (exact) mass is 305 g/mol. The molecule has 1 aromatic carbocycles. The van der Waals surface area contributed by atoms with Crippen molar-refractivity contribution in [2.45, 2.75) is 18.9 Å². The van der Waals surface area contributed by atoms with Gasteiger partial charge in [0.1, 0.15) is 5.56 Å². The molecule has 1 aliphatic rings. The maximum absolute atomic E-state index is 12.5. The first-order chi connectivity index (χ1) is 10.5. The number of phenolic OH excluding ortho intramolecular Hbond substituents is 1. The molecule has 0 bridgehead atoms. The fourth-order valence-electron chi connectivity index (χ4n) is 2.60. The van der Waals surface area contributed by atoms with Gasteiger partial charge < -0.3 is 24.3 Å². The minimum atomic E-state index is -1.31. The van der Waals surface area contributed by atoms with Gasteiger partial charge in [0.25, 0.3) is 0 Å². The van der Waals surface area contributed by atoms with E-state index in [9.17, 15) is 19.8 Å². The number of methoxy groups -OCH3 is 2. The summed E-state index contributed by atoms with van der Waals surface area (Å²) in [5, 5.41) is 19.4. The van der Waals surface area contributed by atoms with Crippen LogP contribution in [0.25, 0.3) is 10.9 Å². The van der Waals surface area contributed by atoms with Gasteiger partial charge in [-0.2, -0.15) is 0 Å². The third kappa shape index (κ3) is 1.97. The fraction of sp³-hybridized carbons (Fsp3) is 0.333. The lowest BCUT2D eigenvalue weighted by Gasteiger charge is -2.16. The normalized spacial score (nSPS) is 14.1. The van der Waals surface area contributed by atoms with Crippen LogP contribution in [-0.4, -0.2) is 35.0 Å². The predicted molar refractivity (Wildman–Crippen MR) is 78.2 cm³/mol. The number of carbonyl (C=O) groups is 1. The first kappa shape index (κ1) is 14.2. The summed E-state index contributed by atoms with van der Waals surface area (Å²) in [4.78, 5) is 23.8. The van der Waals surface area contributed by atoms with Crippen LogP contribution in [-0.2, 0) is 0 Å². The second kappa shape index (κ2) is 4.94. The zero-order valence-corrected chi connectivity index (χ0v) is 12.1. The van der Waals surface area contributed by atoms with Crippen molar-refractivity contribution < 1.29 is 24.5 Å². The summed E-state index contributed by atoms with van der Waals surface area (Å²) in [6, 6.07) is 1.67. The summed E-state index contributed by atoms with van der Waals surface area (Å²) in [6.07, 6.45) is 3.16. The molecule has 7 nitrogen and oxygen atoms in total. The van der Waals surface area contributed by atoms with E-state index in [1.165, 1.54) is 26.5 Å². The smallest absolute Gasteiger partial charge is 0.341 e. The lowest BCUT2D eigenvalue weighted by molar-refractivity contribution is 0.0695. The van der Waals surface area contributed by atoms with Crippen LogP contribution in [0.4, 0.5) is 0 Å². The van der Waals surface area contributed by atoms with Crippen molar-refractivity contribution in [3.05, 3.63) is 28.0 Å². The standard InChI is InChI=1S/C15H15NO6/c1-21-10-5-9-11(14(22-2)13(10)18)12(17)8(15(19)20)6-16(9)7-3-4-7/h5-7,18H,3-4H2,1-2H3,(H,19,20). The van der Waals surface area contributed by atoms with Crippen LogP contribution >= 0.6 is 0 Å². The second-order valence-corrected chi connectivity index (χ2v) is 5.17. The highest BCUT2D eigenvalue weighted by atomic mass is 16.5. The molecular weight excluding hydrogens is 290 g/mol. The molecule has 116 valence electrons. The molecule has 7 heteroatoms. The van der Waals surface area contributed by atoms with Crippen molar-refractivity contribution in [3.8, 4) is 17.2 Å². The van der Waals surface area contributed by atoms with Gasteiger partial charge in [0.15, 0.2) is 11.5 Å². The van der Waals surface area contributed by atoms with E-state index < -0.39 is 11.4 Å². The van der Waals surface area contributed by atoms with E-state index in [1.807, 2.05) is 0 Å². The molecule has 0 aliphatic heterocycles. The number of rotatable bonds is 4. The number of fused-ring (bicyclic) bond motifs is 1. The van der Waals surface area contributed by atoms with E-state index >= 15 is 0 Å². The molecule has 0 amide bonds. The molecule has 0 spiro atoms. The number of benzene rings is 1. The lowest BCUT2D eigenvalue weighted by Crippen LogP contribution is -2.19. The van der Waals surface area contributed by atoms with E-state index in [1.54, 1.807) is 4.57 Å². The van der Waals surface area contributed by atoms with E-state index in [2.05, 4.69) is 0 Å². The molecular formula is C15H15NO6. The number of aromatic carboxylic acids is 1. The molecule has 2 N–H and O–H groups in total. The summed E-state index contributed by atoms with van der Waals surface area (Å²) >= 11 is 0. The molecule has 2 aromatic rings. The van der Waals surface area contributed by atoms with E-state index in [0.29, 0.717) is 5.52 Å². The van der Waals surface area contributed by atoms with Gasteiger partial charge in [0.2, 0.25) is 11.2 Å². The SMILES string of the molecule is COc1cc2c(c(OC)c1O)c(=O)c(C(=O)O)cn2C1CC1. The van der Waals surface area contributed by atoms with Gasteiger partial charge in [-0.1, -0.05) is 0 Å². The molecule has 1 aliphatic carbocycles. The third-order valence-corrected chi connectivity index (χ3v) is 3.81. The number of hydrogen-bond acceptors (Lipinski definition) is 5. The minimum absolute atomic E-state index is 0.0487. The van der Waals surface area contributed by atoms with E-state index in [4.69, 9.17) is 9.47 Å². The lowest BCUT2D eigenvalue weighted by atomic mass is 10.1. The van der Waals surface area contributed by atoms with Crippen molar-refractivity contribution >= 4 is 16.9 Å². The molecule has 1 aromatic heterocycles. The summed E-state index contributed by atoms with van der Waals surface area (Å²) in [5.41, 5.74) is -0.541. The van der Waals surface area contributed by atoms with Gasteiger partial charge in [0, 0.05) is 18.3 Å². The van der Waals surface area contributed by atoms with Crippen molar-refractivity contribution in [1.29, 1.82) is 0 Å². The Morgan fingerprint density at radius 3 is 2.50 bits per heavy atom. The molecule has 0 radical (unpaired) electrons. The quantitative estimate of drug-likeness (QED) is 0.893. The number of carboxylic acids is 1. The van der Waals surface area contributed by atoms with E-state index in [0.717, 1.165) is 12.8 Å². The zero-order chi connectivity index (χ0) is 16.0. The number of pyridine rings is 1. The average molecular weight is 305 g/mol. The molecule has 0 atom stereocenters. The van der Waals surface area contributed by atoms with Crippen LogP contribution in [0, 0.1) is 0 Å². The fourth-order valence-corrected chi connectivity index (χ4v) is 2.60. The van der Waals surface area contributed by atoms with Crippen LogP contribution in [0.5, 0.6) is 17.2 Å². The van der Waals surface area contributed by atoms with Crippen molar-refractivity contribution in [3.63, 3.8) is 0 Å². The highest BCUT2D eigenvalue weighted by Gasteiger charge is 2.29. The Morgan fingerprint density at radius 1 is 1.32 bits per heavy atom. The molecule has 3 rings (SSSR count). The maximum atomic E-state index is 12.5. The Morgan fingerprint density at radius 2 is 2.00 bits per heavy atom. The van der Waals surface area contributed by atoms with Crippen LogP contribution < -0.4 is 14.9 Å². The Balaban J connectivity index is 2.51. The van der Waals surface area contributed by atoms with Crippen LogP contribution in [0.3, 0.4) is 0 Å². The predicted octanol–water partition coefficient (Wildman–Crippen LogP) is 1.76. The van der Waals surface area contributed by atoms with Gasteiger partial charge >= 0.3 is 5.97 Å². The minimum Gasteiger partial charge on any atom is -0.502 e. The second-order valence-electron chi connectivity index (χ2n) is 5.17. The van der Waals surface area contributed by atoms with Crippen molar-refractivity contribution in [2.24, 2.45) is 0 Å².